The summed E-state index contributed by atoms with van der Waals surface area (Å²) in [5.41, 5.74) is 5.60. The smallest absolute Gasteiger partial charge is 0.320 e. The summed E-state index contributed by atoms with van der Waals surface area (Å²) in [5.74, 6) is 0. The second kappa shape index (κ2) is 4.73. The predicted molar refractivity (Wildman–Crippen MR) is 59.5 cm³/mol. The summed E-state index contributed by atoms with van der Waals surface area (Å²) in [5, 5.41) is 0. The second-order valence-electron chi connectivity index (χ2n) is 3.72. The fourth-order valence-electron chi connectivity index (χ4n) is 1.66. The number of aromatic nitrogens is 2. The maximum atomic E-state index is 12.8. The lowest BCUT2D eigenvalue weighted by atomic mass is 9.97. The molecule has 0 fully saturated rings. The lowest BCUT2D eigenvalue weighted by molar-refractivity contribution is -0.138. The van der Waals surface area contributed by atoms with Gasteiger partial charge in [0, 0.05) is 30.4 Å². The standard InChI is InChI=1S/C12H10F3N3/c13-12(14,15)10-3-6-18-7-9(10)11(16)8-1-4-17-5-2-8/h1-7,11H,16H2. The molecule has 1 atom stereocenters. The zero-order chi connectivity index (χ0) is 13.2. The number of hydrogen-bond acceptors (Lipinski definition) is 3. The summed E-state index contributed by atoms with van der Waals surface area (Å²) in [4.78, 5) is 7.51. The van der Waals surface area contributed by atoms with E-state index in [0.29, 0.717) is 5.56 Å². The Morgan fingerprint density at radius 2 is 1.61 bits per heavy atom. The zero-order valence-corrected chi connectivity index (χ0v) is 9.22. The normalized spacial score (nSPS) is 13.3. The predicted octanol–water partition coefficient (Wildman–Crippen LogP) is 2.54. The van der Waals surface area contributed by atoms with E-state index >= 15 is 0 Å². The van der Waals surface area contributed by atoms with Crippen LogP contribution in [0.2, 0.25) is 0 Å². The van der Waals surface area contributed by atoms with Crippen LogP contribution in [0.25, 0.3) is 0 Å². The number of nitrogens with zero attached hydrogens (tertiary/aromatic N) is 2. The summed E-state index contributed by atoms with van der Waals surface area (Å²) < 4.78 is 38.5. The lowest BCUT2D eigenvalue weighted by Gasteiger charge is -2.17. The fraction of sp³-hybridized carbons (Fsp3) is 0.167. The van der Waals surface area contributed by atoms with Gasteiger partial charge in [0.25, 0.3) is 0 Å². The van der Waals surface area contributed by atoms with Crippen LogP contribution in [-0.2, 0) is 6.18 Å². The van der Waals surface area contributed by atoms with Crippen molar-refractivity contribution in [2.45, 2.75) is 12.2 Å². The van der Waals surface area contributed by atoms with Gasteiger partial charge in [-0.15, -0.1) is 0 Å². The van der Waals surface area contributed by atoms with Crippen molar-refractivity contribution in [3.63, 3.8) is 0 Å². The van der Waals surface area contributed by atoms with Gasteiger partial charge in [-0.1, -0.05) is 0 Å². The first kappa shape index (κ1) is 12.5. The largest absolute Gasteiger partial charge is 0.416 e. The lowest BCUT2D eigenvalue weighted by Crippen LogP contribution is -2.18. The van der Waals surface area contributed by atoms with Crippen LogP contribution in [0.15, 0.2) is 43.0 Å². The van der Waals surface area contributed by atoms with Crippen molar-refractivity contribution in [1.29, 1.82) is 0 Å². The molecule has 2 rings (SSSR count). The Morgan fingerprint density at radius 1 is 1.00 bits per heavy atom. The Kier molecular flexibility index (Phi) is 3.29. The van der Waals surface area contributed by atoms with Crippen LogP contribution in [0.4, 0.5) is 13.2 Å². The van der Waals surface area contributed by atoms with Gasteiger partial charge in [0.2, 0.25) is 0 Å². The van der Waals surface area contributed by atoms with E-state index in [2.05, 4.69) is 9.97 Å². The van der Waals surface area contributed by atoms with Gasteiger partial charge in [-0.05, 0) is 23.8 Å². The van der Waals surface area contributed by atoms with E-state index in [9.17, 15) is 13.2 Å². The average molecular weight is 253 g/mol. The number of rotatable bonds is 2. The summed E-state index contributed by atoms with van der Waals surface area (Å²) in [6, 6.07) is 3.21. The van der Waals surface area contributed by atoms with Crippen LogP contribution in [-0.4, -0.2) is 9.97 Å². The molecule has 0 spiro atoms. The van der Waals surface area contributed by atoms with E-state index in [1.807, 2.05) is 0 Å². The highest BCUT2D eigenvalue weighted by atomic mass is 19.4. The molecule has 6 heteroatoms. The molecular weight excluding hydrogens is 243 g/mol. The van der Waals surface area contributed by atoms with Crippen LogP contribution < -0.4 is 5.73 Å². The molecular formula is C12H10F3N3. The van der Waals surface area contributed by atoms with Gasteiger partial charge in [0.1, 0.15) is 0 Å². The zero-order valence-electron chi connectivity index (χ0n) is 9.22. The quantitative estimate of drug-likeness (QED) is 0.894. The highest BCUT2D eigenvalue weighted by Gasteiger charge is 2.34. The van der Waals surface area contributed by atoms with E-state index in [1.165, 1.54) is 12.4 Å². The minimum atomic E-state index is -4.44. The third kappa shape index (κ3) is 2.48. The van der Waals surface area contributed by atoms with Crippen molar-refractivity contribution in [3.8, 4) is 0 Å². The number of alkyl halides is 3. The van der Waals surface area contributed by atoms with E-state index < -0.39 is 17.8 Å². The second-order valence-corrected chi connectivity index (χ2v) is 3.72. The Hall–Kier alpha value is -1.95. The van der Waals surface area contributed by atoms with Crippen LogP contribution in [0.1, 0.15) is 22.7 Å². The molecule has 0 aliphatic heterocycles. The molecule has 3 nitrogen and oxygen atoms in total. The van der Waals surface area contributed by atoms with Crippen LogP contribution in [0.5, 0.6) is 0 Å². The molecule has 0 aromatic carbocycles. The van der Waals surface area contributed by atoms with Crippen molar-refractivity contribution in [2.24, 2.45) is 5.73 Å². The van der Waals surface area contributed by atoms with E-state index in [0.717, 1.165) is 18.5 Å². The third-order valence-corrected chi connectivity index (χ3v) is 2.56. The minimum Gasteiger partial charge on any atom is -0.320 e. The van der Waals surface area contributed by atoms with Crippen molar-refractivity contribution < 1.29 is 13.2 Å². The molecule has 18 heavy (non-hydrogen) atoms. The van der Waals surface area contributed by atoms with Crippen molar-refractivity contribution >= 4 is 0 Å². The van der Waals surface area contributed by atoms with Gasteiger partial charge >= 0.3 is 6.18 Å². The van der Waals surface area contributed by atoms with E-state index in [4.69, 9.17) is 5.73 Å². The van der Waals surface area contributed by atoms with Gasteiger partial charge < -0.3 is 5.73 Å². The average Bonchev–Trinajstić information content (AvgIpc) is 2.38. The van der Waals surface area contributed by atoms with Crippen molar-refractivity contribution in [3.05, 3.63) is 59.7 Å². The first-order chi connectivity index (χ1) is 8.50. The van der Waals surface area contributed by atoms with Gasteiger partial charge in [-0.2, -0.15) is 13.2 Å². The Morgan fingerprint density at radius 3 is 2.22 bits per heavy atom. The number of halogens is 3. The molecule has 0 bridgehead atoms. The van der Waals surface area contributed by atoms with Crippen molar-refractivity contribution in [1.82, 2.24) is 9.97 Å². The maximum Gasteiger partial charge on any atom is 0.416 e. The molecule has 0 radical (unpaired) electrons. The molecule has 2 aromatic heterocycles. The Balaban J connectivity index is 2.46. The monoisotopic (exact) mass is 253 g/mol. The minimum absolute atomic E-state index is 0.0452. The molecule has 0 aliphatic carbocycles. The molecule has 0 amide bonds. The fourth-order valence-corrected chi connectivity index (χ4v) is 1.66. The molecule has 2 N–H and O–H groups in total. The number of pyridine rings is 2. The van der Waals surface area contributed by atoms with Gasteiger partial charge in [0.05, 0.1) is 11.6 Å². The number of hydrogen-bond donors (Lipinski definition) is 1. The topological polar surface area (TPSA) is 51.8 Å². The van der Waals surface area contributed by atoms with Crippen molar-refractivity contribution in [2.75, 3.05) is 0 Å². The van der Waals surface area contributed by atoms with E-state index in [1.54, 1.807) is 12.1 Å². The van der Waals surface area contributed by atoms with Crippen LogP contribution in [0, 0.1) is 0 Å². The highest BCUT2D eigenvalue weighted by molar-refractivity contribution is 5.35. The number of nitrogens with two attached hydrogens (primary N) is 1. The molecule has 2 heterocycles. The maximum absolute atomic E-state index is 12.8. The summed E-state index contributed by atoms with van der Waals surface area (Å²) in [6.45, 7) is 0. The van der Waals surface area contributed by atoms with Gasteiger partial charge in [-0.25, -0.2) is 0 Å². The van der Waals surface area contributed by atoms with Gasteiger partial charge in [0.15, 0.2) is 0 Å². The third-order valence-electron chi connectivity index (χ3n) is 2.56. The molecule has 0 saturated carbocycles. The first-order valence-electron chi connectivity index (χ1n) is 5.17. The molecule has 1 unspecified atom stereocenters. The molecule has 0 aliphatic rings. The molecule has 0 saturated heterocycles. The van der Waals surface area contributed by atoms with Gasteiger partial charge in [-0.3, -0.25) is 9.97 Å². The molecule has 2 aromatic rings. The molecule has 94 valence electrons. The highest BCUT2D eigenvalue weighted by Crippen LogP contribution is 2.34. The first-order valence-corrected chi connectivity index (χ1v) is 5.17. The van der Waals surface area contributed by atoms with E-state index in [-0.39, 0.29) is 5.56 Å². The van der Waals surface area contributed by atoms with Crippen LogP contribution in [0.3, 0.4) is 0 Å². The Bertz CT molecular complexity index is 526. The summed E-state index contributed by atoms with van der Waals surface area (Å²) in [6.07, 6.45) is 0.778. The SMILES string of the molecule is NC(c1ccncc1)c1cnccc1C(F)(F)F. The van der Waals surface area contributed by atoms with Crippen LogP contribution >= 0.6 is 0 Å². The summed E-state index contributed by atoms with van der Waals surface area (Å²) in [7, 11) is 0. The summed E-state index contributed by atoms with van der Waals surface area (Å²) >= 11 is 0. The Labute approximate surface area is 101 Å².